The molecule has 2 aromatic rings. The summed E-state index contributed by atoms with van der Waals surface area (Å²) < 4.78 is 7.50. The summed E-state index contributed by atoms with van der Waals surface area (Å²) in [5.74, 6) is 1.37. The highest BCUT2D eigenvalue weighted by Gasteiger charge is 2.16. The lowest BCUT2D eigenvalue weighted by atomic mass is 9.94. The summed E-state index contributed by atoms with van der Waals surface area (Å²) in [4.78, 5) is 12.0. The molecule has 0 unspecified atom stereocenters. The van der Waals surface area contributed by atoms with Crippen LogP contribution in [0.1, 0.15) is 19.3 Å². The number of hydrogen-bond acceptors (Lipinski definition) is 4. The summed E-state index contributed by atoms with van der Waals surface area (Å²) in [5.41, 5.74) is 2.04. The Balaban J connectivity index is 1.40. The molecule has 2 heterocycles. The van der Waals surface area contributed by atoms with Crippen molar-refractivity contribution in [1.29, 1.82) is 0 Å². The first kappa shape index (κ1) is 17.5. The quantitative estimate of drug-likeness (QED) is 0.753. The Hall–Kier alpha value is -2.34. The molecule has 1 aromatic heterocycles. The summed E-state index contributed by atoms with van der Waals surface area (Å²) in [6, 6.07) is 8.76. The number of aryl methyl sites for hydroxylation is 1. The van der Waals surface area contributed by atoms with Crippen LogP contribution in [0.3, 0.4) is 0 Å². The number of nitrogens with zero attached hydrogens (tertiary/aromatic N) is 2. The highest BCUT2D eigenvalue weighted by atomic mass is 16.5. The van der Waals surface area contributed by atoms with E-state index in [1.54, 1.807) is 10.7 Å². The number of piperidine rings is 1. The van der Waals surface area contributed by atoms with Crippen LogP contribution in [0.4, 0.5) is 0 Å². The second kappa shape index (κ2) is 8.67. The number of nitrogens with one attached hydrogen (secondary N) is 2. The van der Waals surface area contributed by atoms with Gasteiger partial charge in [-0.2, -0.15) is 5.10 Å². The molecule has 1 fully saturated rings. The Labute approximate surface area is 148 Å². The van der Waals surface area contributed by atoms with Crippen molar-refractivity contribution in [2.45, 2.75) is 19.3 Å². The summed E-state index contributed by atoms with van der Waals surface area (Å²) in [7, 11) is 1.89. The monoisotopic (exact) mass is 341 g/mol. The first-order valence-electron chi connectivity index (χ1n) is 8.81. The molecule has 1 radical (unpaired) electrons. The minimum Gasteiger partial charge on any atom is -0.492 e. The lowest BCUT2D eigenvalue weighted by Crippen LogP contribution is -2.33. The Bertz CT molecular complexity index is 692. The molecule has 0 aliphatic carbocycles. The summed E-state index contributed by atoms with van der Waals surface area (Å²) in [6.45, 7) is 3.00. The molecule has 25 heavy (non-hydrogen) atoms. The van der Waals surface area contributed by atoms with Gasteiger partial charge in [-0.1, -0.05) is 0 Å². The van der Waals surface area contributed by atoms with E-state index in [4.69, 9.17) is 4.74 Å². The van der Waals surface area contributed by atoms with Crippen LogP contribution in [0.15, 0.2) is 30.6 Å². The van der Waals surface area contributed by atoms with Crippen molar-refractivity contribution in [2.75, 3.05) is 26.2 Å². The largest absolute Gasteiger partial charge is 0.492 e. The van der Waals surface area contributed by atoms with Crippen molar-refractivity contribution in [1.82, 2.24) is 20.4 Å². The maximum atomic E-state index is 12.0. The predicted molar refractivity (Wildman–Crippen MR) is 96.2 cm³/mol. The normalized spacial score (nSPS) is 15.1. The van der Waals surface area contributed by atoms with Crippen LogP contribution in [-0.4, -0.2) is 41.9 Å². The number of benzene rings is 1. The van der Waals surface area contributed by atoms with Gasteiger partial charge in [-0.25, -0.2) is 0 Å². The summed E-state index contributed by atoms with van der Waals surface area (Å²) in [6.07, 6.45) is 6.55. The average molecular weight is 341 g/mol. The number of amides is 1. The lowest BCUT2D eigenvalue weighted by Gasteiger charge is -2.21. The molecule has 1 aromatic carbocycles. The van der Waals surface area contributed by atoms with Crippen LogP contribution in [0.25, 0.3) is 11.1 Å². The fourth-order valence-corrected chi connectivity index (χ4v) is 3.05. The van der Waals surface area contributed by atoms with Crippen LogP contribution in [0.5, 0.6) is 5.75 Å². The fraction of sp³-hybridized carbons (Fsp3) is 0.474. The summed E-state index contributed by atoms with van der Waals surface area (Å²) >= 11 is 0. The SMILES string of the molecule is Cn1cc(-c2c[c]cc(OCCNC(=O)CC3CCNCC3)c2)cn1. The number of carbonyl (C=O) groups excluding carboxylic acids is 1. The van der Waals surface area contributed by atoms with Crippen LogP contribution < -0.4 is 15.4 Å². The Morgan fingerprint density at radius 2 is 2.24 bits per heavy atom. The van der Waals surface area contributed by atoms with E-state index in [9.17, 15) is 4.79 Å². The predicted octanol–water partition coefficient (Wildman–Crippen LogP) is 1.77. The second-order valence-corrected chi connectivity index (χ2v) is 6.46. The van der Waals surface area contributed by atoms with Crippen molar-refractivity contribution in [3.63, 3.8) is 0 Å². The zero-order valence-corrected chi connectivity index (χ0v) is 14.6. The van der Waals surface area contributed by atoms with Crippen molar-refractivity contribution in [3.05, 3.63) is 36.7 Å². The Morgan fingerprint density at radius 3 is 3.00 bits per heavy atom. The van der Waals surface area contributed by atoms with E-state index in [-0.39, 0.29) is 5.91 Å². The Morgan fingerprint density at radius 1 is 1.40 bits per heavy atom. The molecular formula is C19H25N4O2. The molecule has 1 amide bonds. The highest BCUT2D eigenvalue weighted by molar-refractivity contribution is 5.76. The van der Waals surface area contributed by atoms with Gasteiger partial charge in [0.2, 0.25) is 5.91 Å². The van der Waals surface area contributed by atoms with E-state index < -0.39 is 0 Å². The first-order chi connectivity index (χ1) is 12.2. The standard InChI is InChI=1S/C19H25N4O2/c1-23-14-17(13-22-23)16-3-2-4-18(12-16)25-10-9-21-19(24)11-15-5-7-20-8-6-15/h3-4,12-15,20H,5-11H2,1H3,(H,21,24). The maximum absolute atomic E-state index is 12.0. The van der Waals surface area contributed by atoms with Crippen LogP contribution in [0, 0.1) is 12.0 Å². The second-order valence-electron chi connectivity index (χ2n) is 6.46. The van der Waals surface area contributed by atoms with E-state index in [1.807, 2.05) is 31.6 Å². The molecule has 3 rings (SSSR count). The molecular weight excluding hydrogens is 316 g/mol. The molecule has 2 N–H and O–H groups in total. The minimum atomic E-state index is 0.117. The molecule has 6 nitrogen and oxygen atoms in total. The van der Waals surface area contributed by atoms with E-state index in [0.29, 0.717) is 25.5 Å². The molecule has 1 aliphatic heterocycles. The number of ether oxygens (including phenoxy) is 1. The smallest absolute Gasteiger partial charge is 0.220 e. The molecule has 0 bridgehead atoms. The molecule has 0 spiro atoms. The molecule has 133 valence electrons. The van der Waals surface area contributed by atoms with Crippen molar-refractivity contribution in [3.8, 4) is 16.9 Å². The van der Waals surface area contributed by atoms with Gasteiger partial charge in [-0.15, -0.1) is 0 Å². The van der Waals surface area contributed by atoms with Gasteiger partial charge < -0.3 is 15.4 Å². The molecule has 0 saturated carbocycles. The third kappa shape index (κ3) is 5.32. The van der Waals surface area contributed by atoms with E-state index in [2.05, 4.69) is 21.8 Å². The van der Waals surface area contributed by atoms with Gasteiger partial charge in [0, 0.05) is 25.2 Å². The topological polar surface area (TPSA) is 68.2 Å². The number of carbonyl (C=O) groups is 1. The first-order valence-corrected chi connectivity index (χ1v) is 8.81. The average Bonchev–Trinajstić information content (AvgIpc) is 3.06. The number of aromatic nitrogens is 2. The van der Waals surface area contributed by atoms with Gasteiger partial charge >= 0.3 is 0 Å². The van der Waals surface area contributed by atoms with Crippen molar-refractivity contribution in [2.24, 2.45) is 13.0 Å². The third-order valence-electron chi connectivity index (χ3n) is 4.43. The van der Waals surface area contributed by atoms with E-state index >= 15 is 0 Å². The van der Waals surface area contributed by atoms with Gasteiger partial charge in [-0.3, -0.25) is 9.48 Å². The van der Waals surface area contributed by atoms with E-state index in [1.165, 1.54) is 0 Å². The summed E-state index contributed by atoms with van der Waals surface area (Å²) in [5, 5.41) is 10.4. The van der Waals surface area contributed by atoms with E-state index in [0.717, 1.165) is 42.8 Å². The molecule has 1 aliphatic rings. The molecule has 1 saturated heterocycles. The third-order valence-corrected chi connectivity index (χ3v) is 4.43. The zero-order valence-electron chi connectivity index (χ0n) is 14.6. The van der Waals surface area contributed by atoms with Crippen molar-refractivity contribution < 1.29 is 9.53 Å². The van der Waals surface area contributed by atoms with Gasteiger partial charge in [-0.05, 0) is 61.7 Å². The molecule has 6 heteroatoms. The maximum Gasteiger partial charge on any atom is 0.220 e. The number of rotatable bonds is 7. The highest BCUT2D eigenvalue weighted by Crippen LogP contribution is 2.22. The fourth-order valence-electron chi connectivity index (χ4n) is 3.05. The van der Waals surface area contributed by atoms with Gasteiger partial charge in [0.25, 0.3) is 0 Å². The molecule has 0 atom stereocenters. The zero-order chi connectivity index (χ0) is 17.5. The lowest BCUT2D eigenvalue weighted by molar-refractivity contribution is -0.122. The van der Waals surface area contributed by atoms with Gasteiger partial charge in [0.1, 0.15) is 12.4 Å². The van der Waals surface area contributed by atoms with Crippen LogP contribution in [-0.2, 0) is 11.8 Å². The van der Waals surface area contributed by atoms with Crippen LogP contribution in [0.2, 0.25) is 0 Å². The van der Waals surface area contributed by atoms with Gasteiger partial charge in [0.15, 0.2) is 0 Å². The number of hydrogen-bond donors (Lipinski definition) is 2. The Kier molecular flexibility index (Phi) is 6.06. The van der Waals surface area contributed by atoms with Crippen LogP contribution >= 0.6 is 0 Å². The van der Waals surface area contributed by atoms with Gasteiger partial charge in [0.05, 0.1) is 12.7 Å². The minimum absolute atomic E-state index is 0.117. The van der Waals surface area contributed by atoms with Crippen molar-refractivity contribution >= 4 is 5.91 Å².